The van der Waals surface area contributed by atoms with Crippen LogP contribution in [0.3, 0.4) is 0 Å². The molecule has 2 rings (SSSR count). The second kappa shape index (κ2) is 4.38. The van der Waals surface area contributed by atoms with Crippen molar-refractivity contribution in [1.29, 1.82) is 0 Å². The molecule has 1 heterocycles. The van der Waals surface area contributed by atoms with E-state index in [0.717, 1.165) is 12.1 Å². The Kier molecular flexibility index (Phi) is 3.14. The zero-order valence-corrected chi connectivity index (χ0v) is 10.6. The van der Waals surface area contributed by atoms with Crippen molar-refractivity contribution >= 4 is 0 Å². The van der Waals surface area contributed by atoms with Crippen molar-refractivity contribution in [3.63, 3.8) is 0 Å². The third-order valence-electron chi connectivity index (χ3n) is 2.75. The Morgan fingerprint density at radius 1 is 1.21 bits per heavy atom. The maximum atomic E-state index is 12.7. The lowest BCUT2D eigenvalue weighted by atomic mass is 10.0. The summed E-state index contributed by atoms with van der Waals surface area (Å²) >= 11 is 0. The molecule has 0 aliphatic carbocycles. The van der Waals surface area contributed by atoms with Crippen LogP contribution in [0.2, 0.25) is 0 Å². The van der Waals surface area contributed by atoms with E-state index in [0.29, 0.717) is 11.4 Å². The summed E-state index contributed by atoms with van der Waals surface area (Å²) in [7, 11) is 0. The number of hydrogen-bond donors (Lipinski definition) is 1. The highest BCUT2D eigenvalue weighted by Gasteiger charge is 2.31. The topological polar surface area (TPSA) is 43.8 Å². The number of aromatic nitrogens is 2. The predicted molar refractivity (Wildman–Crippen MR) is 65.8 cm³/mol. The number of benzene rings is 1. The first-order valence-electron chi connectivity index (χ1n) is 5.69. The smallest absolute Gasteiger partial charge is 0.321 e. The van der Waals surface area contributed by atoms with Crippen LogP contribution in [-0.2, 0) is 11.7 Å². The van der Waals surface area contributed by atoms with E-state index in [9.17, 15) is 13.2 Å². The lowest BCUT2D eigenvalue weighted by Crippen LogP contribution is -2.31. The maximum Gasteiger partial charge on any atom is 0.416 e. The van der Waals surface area contributed by atoms with E-state index in [-0.39, 0.29) is 0 Å². The van der Waals surface area contributed by atoms with Gasteiger partial charge in [0.1, 0.15) is 0 Å². The van der Waals surface area contributed by atoms with Gasteiger partial charge in [-0.25, -0.2) is 4.98 Å². The van der Waals surface area contributed by atoms with Crippen LogP contribution in [0.25, 0.3) is 5.69 Å². The normalized spacial score (nSPS) is 12.7. The largest absolute Gasteiger partial charge is 0.416 e. The lowest BCUT2D eigenvalue weighted by molar-refractivity contribution is -0.137. The highest BCUT2D eigenvalue weighted by molar-refractivity contribution is 5.39. The van der Waals surface area contributed by atoms with Crippen LogP contribution < -0.4 is 5.73 Å². The van der Waals surface area contributed by atoms with Crippen molar-refractivity contribution in [1.82, 2.24) is 9.55 Å². The first-order chi connectivity index (χ1) is 8.69. The van der Waals surface area contributed by atoms with Gasteiger partial charge in [-0.05, 0) is 32.0 Å². The zero-order valence-electron chi connectivity index (χ0n) is 10.6. The summed E-state index contributed by atoms with van der Waals surface area (Å²) in [6.45, 7) is 3.54. The van der Waals surface area contributed by atoms with Crippen molar-refractivity contribution in [3.05, 3.63) is 48.0 Å². The second-order valence-corrected chi connectivity index (χ2v) is 4.92. The molecule has 0 atom stereocenters. The number of hydrogen-bond acceptors (Lipinski definition) is 2. The van der Waals surface area contributed by atoms with Gasteiger partial charge in [0.05, 0.1) is 29.3 Å². The number of imidazole rings is 1. The minimum atomic E-state index is -4.37. The van der Waals surface area contributed by atoms with Gasteiger partial charge in [0.25, 0.3) is 0 Å². The summed E-state index contributed by atoms with van der Waals surface area (Å²) < 4.78 is 39.6. The number of rotatable bonds is 2. The summed E-state index contributed by atoms with van der Waals surface area (Å²) in [5, 5.41) is 0. The molecule has 0 radical (unpaired) electrons. The van der Waals surface area contributed by atoms with Crippen molar-refractivity contribution in [2.24, 2.45) is 5.73 Å². The third-order valence-corrected chi connectivity index (χ3v) is 2.75. The van der Waals surface area contributed by atoms with Gasteiger partial charge in [-0.1, -0.05) is 6.07 Å². The standard InChI is InChI=1S/C13H14F3N3/c1-12(2,17)11-7-18-8-19(11)10-5-3-4-9(6-10)13(14,15)16/h3-8H,17H2,1-2H3. The fraction of sp³-hybridized carbons (Fsp3) is 0.308. The Balaban J connectivity index is 2.52. The Labute approximate surface area is 108 Å². The quantitative estimate of drug-likeness (QED) is 0.910. The van der Waals surface area contributed by atoms with Crippen LogP contribution in [0.4, 0.5) is 13.2 Å². The molecule has 19 heavy (non-hydrogen) atoms. The lowest BCUT2D eigenvalue weighted by Gasteiger charge is -2.21. The van der Waals surface area contributed by atoms with Gasteiger partial charge in [-0.15, -0.1) is 0 Å². The van der Waals surface area contributed by atoms with Crippen LogP contribution in [0, 0.1) is 0 Å². The number of alkyl halides is 3. The molecule has 0 saturated heterocycles. The summed E-state index contributed by atoms with van der Waals surface area (Å²) in [5.74, 6) is 0. The van der Waals surface area contributed by atoms with E-state index in [1.54, 1.807) is 30.7 Å². The Morgan fingerprint density at radius 2 is 1.89 bits per heavy atom. The monoisotopic (exact) mass is 269 g/mol. The molecule has 102 valence electrons. The minimum absolute atomic E-state index is 0.390. The van der Waals surface area contributed by atoms with Crippen LogP contribution in [0.5, 0.6) is 0 Å². The fourth-order valence-corrected chi connectivity index (χ4v) is 1.81. The summed E-state index contributed by atoms with van der Waals surface area (Å²) in [6, 6.07) is 5.07. The van der Waals surface area contributed by atoms with Gasteiger partial charge in [-0.2, -0.15) is 13.2 Å². The van der Waals surface area contributed by atoms with E-state index >= 15 is 0 Å². The molecular weight excluding hydrogens is 255 g/mol. The Morgan fingerprint density at radius 3 is 2.47 bits per heavy atom. The third kappa shape index (κ3) is 2.78. The summed E-state index contributed by atoms with van der Waals surface area (Å²) in [5.41, 5.74) is 5.63. The number of halogens is 3. The molecule has 2 aromatic rings. The molecule has 0 spiro atoms. The number of nitrogens with two attached hydrogens (primary N) is 1. The van der Waals surface area contributed by atoms with Gasteiger partial charge < -0.3 is 10.3 Å². The van der Waals surface area contributed by atoms with E-state index in [1.165, 1.54) is 12.4 Å². The zero-order chi connectivity index (χ0) is 14.3. The fourth-order valence-electron chi connectivity index (χ4n) is 1.81. The molecule has 0 amide bonds. The highest BCUT2D eigenvalue weighted by atomic mass is 19.4. The predicted octanol–water partition coefficient (Wildman–Crippen LogP) is 3.08. The molecule has 6 heteroatoms. The van der Waals surface area contributed by atoms with Crippen LogP contribution in [0.1, 0.15) is 25.1 Å². The molecular formula is C13H14F3N3. The van der Waals surface area contributed by atoms with Gasteiger partial charge in [0, 0.05) is 5.69 Å². The maximum absolute atomic E-state index is 12.7. The molecule has 2 N–H and O–H groups in total. The van der Waals surface area contributed by atoms with Crippen molar-refractivity contribution in [2.75, 3.05) is 0 Å². The molecule has 1 aromatic carbocycles. The average molecular weight is 269 g/mol. The molecule has 0 unspecified atom stereocenters. The van der Waals surface area contributed by atoms with Crippen LogP contribution in [-0.4, -0.2) is 9.55 Å². The molecule has 0 bridgehead atoms. The highest BCUT2D eigenvalue weighted by Crippen LogP contribution is 2.31. The SMILES string of the molecule is CC(C)(N)c1cncn1-c1cccc(C(F)(F)F)c1. The van der Waals surface area contributed by atoms with Crippen molar-refractivity contribution in [2.45, 2.75) is 25.6 Å². The summed E-state index contributed by atoms with van der Waals surface area (Å²) in [6.07, 6.45) is -1.35. The van der Waals surface area contributed by atoms with Gasteiger partial charge >= 0.3 is 6.18 Å². The molecule has 0 aliphatic rings. The molecule has 0 aliphatic heterocycles. The first-order valence-corrected chi connectivity index (χ1v) is 5.69. The van der Waals surface area contributed by atoms with Gasteiger partial charge in [0.2, 0.25) is 0 Å². The molecule has 3 nitrogen and oxygen atoms in total. The van der Waals surface area contributed by atoms with Crippen LogP contribution in [0.15, 0.2) is 36.8 Å². The van der Waals surface area contributed by atoms with Gasteiger partial charge in [-0.3, -0.25) is 0 Å². The van der Waals surface area contributed by atoms with E-state index in [4.69, 9.17) is 5.73 Å². The van der Waals surface area contributed by atoms with Crippen molar-refractivity contribution in [3.8, 4) is 5.69 Å². The summed E-state index contributed by atoms with van der Waals surface area (Å²) in [4.78, 5) is 3.96. The second-order valence-electron chi connectivity index (χ2n) is 4.92. The first kappa shape index (κ1) is 13.6. The average Bonchev–Trinajstić information content (AvgIpc) is 2.76. The van der Waals surface area contributed by atoms with Gasteiger partial charge in [0.15, 0.2) is 0 Å². The van der Waals surface area contributed by atoms with Crippen molar-refractivity contribution < 1.29 is 13.2 Å². The van der Waals surface area contributed by atoms with Crippen LogP contribution >= 0.6 is 0 Å². The van der Waals surface area contributed by atoms with E-state index in [1.807, 2.05) is 0 Å². The molecule has 1 aromatic heterocycles. The van der Waals surface area contributed by atoms with E-state index < -0.39 is 17.3 Å². The van der Waals surface area contributed by atoms with E-state index in [2.05, 4.69) is 4.98 Å². The minimum Gasteiger partial charge on any atom is -0.321 e. The molecule has 0 saturated carbocycles. The Bertz CT molecular complexity index is 579. The molecule has 0 fully saturated rings. The Hall–Kier alpha value is -1.82. The number of nitrogens with zero attached hydrogens (tertiary/aromatic N) is 2.